The molecule has 0 aliphatic rings. The van der Waals surface area contributed by atoms with Gasteiger partial charge in [0.25, 0.3) is 0 Å². The Kier molecular flexibility index (Phi) is 5.83. The summed E-state index contributed by atoms with van der Waals surface area (Å²) in [6, 6.07) is 6.95. The fourth-order valence-electron chi connectivity index (χ4n) is 1.91. The second-order valence-corrected chi connectivity index (χ2v) is 4.94. The van der Waals surface area contributed by atoms with Gasteiger partial charge in [0.2, 0.25) is 11.8 Å². The van der Waals surface area contributed by atoms with Crippen LogP contribution in [0.3, 0.4) is 0 Å². The predicted octanol–water partition coefficient (Wildman–Crippen LogP) is 4.43. The van der Waals surface area contributed by atoms with E-state index in [1.54, 1.807) is 24.3 Å². The van der Waals surface area contributed by atoms with Gasteiger partial charge in [-0.2, -0.15) is 18.2 Å². The lowest BCUT2D eigenvalue weighted by molar-refractivity contribution is -0.139. The van der Waals surface area contributed by atoms with Crippen LogP contribution >= 0.6 is 0 Å². The van der Waals surface area contributed by atoms with Crippen LogP contribution in [0.15, 0.2) is 30.5 Å². The highest BCUT2D eigenvalue weighted by atomic mass is 19.4. The molecule has 1 N–H and O–H groups in total. The average molecular weight is 341 g/mol. The third-order valence-corrected chi connectivity index (χ3v) is 3.15. The van der Waals surface area contributed by atoms with E-state index in [9.17, 15) is 13.2 Å². The van der Waals surface area contributed by atoms with Gasteiger partial charge in [-0.1, -0.05) is 25.5 Å². The number of benzene rings is 1. The van der Waals surface area contributed by atoms with E-state index in [2.05, 4.69) is 15.3 Å². The molecular formula is C16H18F3N3O2. The van der Waals surface area contributed by atoms with Gasteiger partial charge in [0.1, 0.15) is 11.3 Å². The van der Waals surface area contributed by atoms with E-state index in [4.69, 9.17) is 9.47 Å². The van der Waals surface area contributed by atoms with Crippen molar-refractivity contribution in [3.05, 3.63) is 36.0 Å². The Hall–Kier alpha value is -2.51. The number of hydrogen-bond donors (Lipinski definition) is 1. The lowest BCUT2D eigenvalue weighted by Gasteiger charge is -2.14. The Balaban J connectivity index is 2.29. The quantitative estimate of drug-likeness (QED) is 0.755. The van der Waals surface area contributed by atoms with Crippen molar-refractivity contribution in [2.24, 2.45) is 0 Å². The third kappa shape index (κ3) is 4.50. The fraction of sp³-hybridized carbons (Fsp3) is 0.375. The van der Waals surface area contributed by atoms with Crippen LogP contribution in [0.25, 0.3) is 0 Å². The van der Waals surface area contributed by atoms with E-state index in [1.165, 1.54) is 7.11 Å². The van der Waals surface area contributed by atoms with E-state index in [0.29, 0.717) is 24.1 Å². The molecule has 0 unspecified atom stereocenters. The molecule has 0 bridgehead atoms. The number of nitrogens with one attached hydrogen (secondary N) is 1. The van der Waals surface area contributed by atoms with Crippen LogP contribution in [-0.2, 0) is 6.18 Å². The Morgan fingerprint density at radius 2 is 1.96 bits per heavy atom. The van der Waals surface area contributed by atoms with E-state index >= 15 is 0 Å². The Morgan fingerprint density at radius 1 is 1.21 bits per heavy atom. The van der Waals surface area contributed by atoms with Crippen molar-refractivity contribution in [3.63, 3.8) is 0 Å². The van der Waals surface area contributed by atoms with E-state index < -0.39 is 17.6 Å². The monoisotopic (exact) mass is 341 g/mol. The lowest BCUT2D eigenvalue weighted by Crippen LogP contribution is -2.13. The van der Waals surface area contributed by atoms with Gasteiger partial charge < -0.3 is 14.8 Å². The van der Waals surface area contributed by atoms with Gasteiger partial charge in [-0.15, -0.1) is 0 Å². The number of para-hydroxylation sites is 2. The maximum absolute atomic E-state index is 13.0. The average Bonchev–Trinajstić information content (AvgIpc) is 2.55. The molecule has 1 aromatic heterocycles. The van der Waals surface area contributed by atoms with E-state index in [-0.39, 0.29) is 12.6 Å². The molecule has 8 heteroatoms. The van der Waals surface area contributed by atoms with E-state index in [0.717, 1.165) is 6.42 Å². The number of rotatable bonds is 7. The normalized spacial score (nSPS) is 11.2. The summed E-state index contributed by atoms with van der Waals surface area (Å²) in [7, 11) is 1.49. The summed E-state index contributed by atoms with van der Waals surface area (Å²) in [5.74, 6) is 0.0387. The number of aromatic nitrogens is 2. The standard InChI is InChI=1S/C16H18F3N3O2/c1-3-4-9-24-14-11(16(17,18)19)10-20-15(22-14)21-12-7-5-6-8-13(12)23-2/h5-8,10H,3-4,9H2,1-2H3,(H,20,21,22). The number of halogens is 3. The number of anilines is 2. The van der Waals surface area contributed by atoms with Crippen LogP contribution in [0.1, 0.15) is 25.3 Å². The van der Waals surface area contributed by atoms with Crippen LogP contribution in [0.5, 0.6) is 11.6 Å². The zero-order valence-corrected chi connectivity index (χ0v) is 13.4. The van der Waals surface area contributed by atoms with Gasteiger partial charge in [-0.3, -0.25) is 0 Å². The number of methoxy groups -OCH3 is 1. The highest BCUT2D eigenvalue weighted by Gasteiger charge is 2.36. The smallest absolute Gasteiger partial charge is 0.423 e. The van der Waals surface area contributed by atoms with Crippen LogP contribution < -0.4 is 14.8 Å². The molecule has 1 aromatic carbocycles. The van der Waals surface area contributed by atoms with Crippen molar-refractivity contribution >= 4 is 11.6 Å². The van der Waals surface area contributed by atoms with Crippen molar-refractivity contribution in [1.82, 2.24) is 9.97 Å². The molecule has 24 heavy (non-hydrogen) atoms. The number of unbranched alkanes of at least 4 members (excludes halogenated alkanes) is 1. The molecule has 0 saturated carbocycles. The largest absolute Gasteiger partial charge is 0.495 e. The predicted molar refractivity (Wildman–Crippen MR) is 83.7 cm³/mol. The summed E-state index contributed by atoms with van der Waals surface area (Å²) in [4.78, 5) is 7.59. The number of ether oxygens (including phenoxy) is 2. The third-order valence-electron chi connectivity index (χ3n) is 3.15. The number of nitrogens with zero attached hydrogens (tertiary/aromatic N) is 2. The Labute approximate surface area is 137 Å². The lowest BCUT2D eigenvalue weighted by atomic mass is 10.3. The summed E-state index contributed by atoms with van der Waals surface area (Å²) in [6.45, 7) is 2.08. The molecule has 130 valence electrons. The zero-order chi connectivity index (χ0) is 17.6. The van der Waals surface area contributed by atoms with Crippen molar-refractivity contribution in [1.29, 1.82) is 0 Å². The van der Waals surface area contributed by atoms with Gasteiger partial charge in [-0.25, -0.2) is 4.98 Å². The van der Waals surface area contributed by atoms with Gasteiger partial charge in [0.15, 0.2) is 0 Å². The summed E-state index contributed by atoms with van der Waals surface area (Å²) >= 11 is 0. The minimum absolute atomic E-state index is 0.000927. The maximum atomic E-state index is 13.0. The zero-order valence-electron chi connectivity index (χ0n) is 13.4. The van der Waals surface area contributed by atoms with Crippen LogP contribution in [-0.4, -0.2) is 23.7 Å². The SMILES string of the molecule is CCCCOc1nc(Nc2ccccc2OC)ncc1C(F)(F)F. The molecule has 0 aliphatic heterocycles. The van der Waals surface area contributed by atoms with Crippen molar-refractivity contribution in [2.45, 2.75) is 25.9 Å². The summed E-state index contributed by atoms with van der Waals surface area (Å²) < 4.78 is 49.5. The first-order valence-corrected chi connectivity index (χ1v) is 7.42. The molecule has 0 fully saturated rings. The Morgan fingerprint density at radius 3 is 2.62 bits per heavy atom. The maximum Gasteiger partial charge on any atom is 0.423 e. The van der Waals surface area contributed by atoms with Crippen molar-refractivity contribution < 1.29 is 22.6 Å². The van der Waals surface area contributed by atoms with Gasteiger partial charge in [-0.05, 0) is 18.6 Å². The second-order valence-electron chi connectivity index (χ2n) is 4.94. The minimum atomic E-state index is -4.58. The highest BCUT2D eigenvalue weighted by Crippen LogP contribution is 2.35. The first-order chi connectivity index (χ1) is 11.5. The molecule has 0 amide bonds. The van der Waals surface area contributed by atoms with E-state index in [1.807, 2.05) is 6.92 Å². The molecule has 2 aromatic rings. The molecule has 2 rings (SSSR count). The van der Waals surface area contributed by atoms with Crippen molar-refractivity contribution in [2.75, 3.05) is 19.0 Å². The molecule has 0 spiro atoms. The first-order valence-electron chi connectivity index (χ1n) is 7.42. The molecule has 0 radical (unpaired) electrons. The molecule has 0 atom stereocenters. The highest BCUT2D eigenvalue weighted by molar-refractivity contribution is 5.62. The topological polar surface area (TPSA) is 56.3 Å². The van der Waals surface area contributed by atoms with Crippen LogP contribution in [0.4, 0.5) is 24.8 Å². The summed E-state index contributed by atoms with van der Waals surface area (Å²) in [5, 5.41) is 2.84. The molecule has 0 saturated heterocycles. The second kappa shape index (κ2) is 7.85. The van der Waals surface area contributed by atoms with Crippen molar-refractivity contribution in [3.8, 4) is 11.6 Å². The summed E-state index contributed by atoms with van der Waals surface area (Å²) in [5.41, 5.74) is -0.455. The van der Waals surface area contributed by atoms with Gasteiger partial charge >= 0.3 is 6.18 Å². The molecule has 5 nitrogen and oxygen atoms in total. The molecule has 0 aliphatic carbocycles. The number of alkyl halides is 3. The summed E-state index contributed by atoms with van der Waals surface area (Å²) in [6.07, 6.45) is -2.42. The van der Waals surface area contributed by atoms with Gasteiger partial charge in [0, 0.05) is 6.20 Å². The fourth-order valence-corrected chi connectivity index (χ4v) is 1.91. The van der Waals surface area contributed by atoms with Crippen LogP contribution in [0, 0.1) is 0 Å². The molecule has 1 heterocycles. The number of hydrogen-bond acceptors (Lipinski definition) is 5. The first kappa shape index (κ1) is 17.8. The van der Waals surface area contributed by atoms with Gasteiger partial charge in [0.05, 0.1) is 19.4 Å². The van der Waals surface area contributed by atoms with Crippen LogP contribution in [0.2, 0.25) is 0 Å². The minimum Gasteiger partial charge on any atom is -0.495 e. The molecular weight excluding hydrogens is 323 g/mol. The Bertz CT molecular complexity index is 678.